The molecule has 1 amide bonds. The minimum atomic E-state index is -4.01. The maximum Gasteiger partial charge on any atom is 0.245 e. The van der Waals surface area contributed by atoms with Crippen LogP contribution in [0, 0.1) is 11.6 Å². The molecule has 0 aliphatic heterocycles. The van der Waals surface area contributed by atoms with E-state index in [2.05, 4.69) is 10.0 Å². The molecule has 1 aliphatic rings. The SMILES string of the molecule is CCOc1ccc(NC(=O)C2(NS(=O)(=O)Cc3ccc(F)cc3F)CC2)cc1. The number of amides is 1. The Morgan fingerprint density at radius 2 is 1.82 bits per heavy atom. The molecule has 1 saturated carbocycles. The summed E-state index contributed by atoms with van der Waals surface area (Å²) in [6, 6.07) is 9.38. The summed E-state index contributed by atoms with van der Waals surface area (Å²) in [7, 11) is -4.01. The molecule has 28 heavy (non-hydrogen) atoms. The Morgan fingerprint density at radius 3 is 2.39 bits per heavy atom. The van der Waals surface area contributed by atoms with Gasteiger partial charge in [-0.15, -0.1) is 0 Å². The van der Waals surface area contributed by atoms with Crippen LogP contribution in [-0.4, -0.2) is 26.5 Å². The topological polar surface area (TPSA) is 84.5 Å². The van der Waals surface area contributed by atoms with E-state index in [-0.39, 0.29) is 5.56 Å². The molecule has 0 saturated heterocycles. The molecule has 0 radical (unpaired) electrons. The number of hydrogen-bond donors (Lipinski definition) is 2. The summed E-state index contributed by atoms with van der Waals surface area (Å²) < 4.78 is 59.2. The highest BCUT2D eigenvalue weighted by Crippen LogP contribution is 2.37. The summed E-state index contributed by atoms with van der Waals surface area (Å²) in [6.45, 7) is 2.38. The van der Waals surface area contributed by atoms with Crippen molar-refractivity contribution in [1.29, 1.82) is 0 Å². The van der Waals surface area contributed by atoms with Gasteiger partial charge in [0, 0.05) is 17.3 Å². The lowest BCUT2D eigenvalue weighted by Crippen LogP contribution is -2.46. The maximum atomic E-state index is 13.7. The Morgan fingerprint density at radius 1 is 1.14 bits per heavy atom. The highest BCUT2D eigenvalue weighted by molar-refractivity contribution is 7.88. The van der Waals surface area contributed by atoms with Gasteiger partial charge in [-0.25, -0.2) is 17.2 Å². The van der Waals surface area contributed by atoms with Gasteiger partial charge in [0.15, 0.2) is 0 Å². The van der Waals surface area contributed by atoms with Gasteiger partial charge in [-0.2, -0.15) is 4.72 Å². The van der Waals surface area contributed by atoms with Gasteiger partial charge in [0.2, 0.25) is 15.9 Å². The van der Waals surface area contributed by atoms with Crippen molar-refractivity contribution in [2.45, 2.75) is 31.1 Å². The van der Waals surface area contributed by atoms with Gasteiger partial charge in [0.25, 0.3) is 0 Å². The van der Waals surface area contributed by atoms with Gasteiger partial charge in [0.05, 0.1) is 12.4 Å². The molecule has 0 atom stereocenters. The third-order valence-electron chi connectivity index (χ3n) is 4.32. The zero-order chi connectivity index (χ0) is 20.4. The number of hydrogen-bond acceptors (Lipinski definition) is 4. The highest BCUT2D eigenvalue weighted by atomic mass is 32.2. The molecule has 3 rings (SSSR count). The van der Waals surface area contributed by atoms with Crippen molar-refractivity contribution in [3.8, 4) is 5.75 Å². The monoisotopic (exact) mass is 410 g/mol. The molecule has 1 aliphatic carbocycles. The average molecular weight is 410 g/mol. The van der Waals surface area contributed by atoms with E-state index < -0.39 is 38.9 Å². The van der Waals surface area contributed by atoms with Gasteiger partial charge < -0.3 is 10.1 Å². The number of nitrogens with one attached hydrogen (secondary N) is 2. The van der Waals surface area contributed by atoms with Crippen molar-refractivity contribution < 1.29 is 26.7 Å². The van der Waals surface area contributed by atoms with E-state index in [1.54, 1.807) is 24.3 Å². The summed E-state index contributed by atoms with van der Waals surface area (Å²) in [5.74, 6) is -2.26. The number of benzene rings is 2. The predicted molar refractivity (Wildman–Crippen MR) is 100 cm³/mol. The lowest BCUT2D eigenvalue weighted by Gasteiger charge is -2.18. The standard InChI is InChI=1S/C19H20F2N2O4S/c1-2-27-16-7-5-15(6-8-16)22-18(24)19(9-10-19)23-28(25,26)12-13-3-4-14(20)11-17(13)21/h3-8,11,23H,2,9-10,12H2,1H3,(H,22,24). The van der Waals surface area contributed by atoms with Crippen LogP contribution < -0.4 is 14.8 Å². The van der Waals surface area contributed by atoms with Crippen LogP contribution in [0.1, 0.15) is 25.3 Å². The maximum absolute atomic E-state index is 13.7. The fraction of sp³-hybridized carbons (Fsp3) is 0.316. The average Bonchev–Trinajstić information content (AvgIpc) is 3.39. The number of sulfonamides is 1. The van der Waals surface area contributed by atoms with Crippen LogP contribution in [0.25, 0.3) is 0 Å². The van der Waals surface area contributed by atoms with Crippen molar-refractivity contribution in [1.82, 2.24) is 4.72 Å². The molecule has 0 aromatic heterocycles. The van der Waals surface area contributed by atoms with Crippen LogP contribution in [0.5, 0.6) is 5.75 Å². The number of anilines is 1. The predicted octanol–water partition coefficient (Wildman–Crippen LogP) is 2.95. The lowest BCUT2D eigenvalue weighted by atomic mass is 10.2. The van der Waals surface area contributed by atoms with Crippen LogP contribution in [0.2, 0.25) is 0 Å². The van der Waals surface area contributed by atoms with E-state index in [4.69, 9.17) is 4.74 Å². The summed E-state index contributed by atoms with van der Waals surface area (Å²) in [4.78, 5) is 12.6. The molecule has 2 aromatic rings. The summed E-state index contributed by atoms with van der Waals surface area (Å²) in [5, 5.41) is 2.67. The van der Waals surface area contributed by atoms with Crippen molar-refractivity contribution in [3.05, 3.63) is 59.7 Å². The van der Waals surface area contributed by atoms with Crippen LogP contribution in [0.15, 0.2) is 42.5 Å². The zero-order valence-corrected chi connectivity index (χ0v) is 16.0. The molecule has 0 spiro atoms. The first-order valence-corrected chi connectivity index (χ1v) is 10.4. The van der Waals surface area contributed by atoms with Gasteiger partial charge in [-0.3, -0.25) is 4.79 Å². The molecule has 2 N–H and O–H groups in total. The number of carbonyl (C=O) groups excluding carboxylic acids is 1. The van der Waals surface area contributed by atoms with E-state index in [9.17, 15) is 22.0 Å². The third-order valence-corrected chi connectivity index (χ3v) is 5.71. The van der Waals surface area contributed by atoms with Gasteiger partial charge >= 0.3 is 0 Å². The fourth-order valence-corrected chi connectivity index (χ4v) is 4.34. The first kappa shape index (κ1) is 20.2. The molecule has 6 nitrogen and oxygen atoms in total. The smallest absolute Gasteiger partial charge is 0.245 e. The molecule has 0 unspecified atom stereocenters. The molecular formula is C19H20F2N2O4S. The van der Waals surface area contributed by atoms with Crippen molar-refractivity contribution in [2.75, 3.05) is 11.9 Å². The first-order chi connectivity index (χ1) is 13.2. The van der Waals surface area contributed by atoms with Crippen LogP contribution in [-0.2, 0) is 20.6 Å². The second kappa shape index (κ2) is 7.84. The van der Waals surface area contributed by atoms with E-state index >= 15 is 0 Å². The first-order valence-electron chi connectivity index (χ1n) is 8.73. The summed E-state index contributed by atoms with van der Waals surface area (Å²) >= 11 is 0. The normalized spacial score (nSPS) is 15.1. The Kier molecular flexibility index (Phi) is 5.66. The molecule has 1 fully saturated rings. The minimum Gasteiger partial charge on any atom is -0.494 e. The van der Waals surface area contributed by atoms with Crippen LogP contribution in [0.3, 0.4) is 0 Å². The number of ether oxygens (including phenoxy) is 1. The minimum absolute atomic E-state index is 0.170. The molecular weight excluding hydrogens is 390 g/mol. The van der Waals surface area contributed by atoms with E-state index in [1.807, 2.05) is 6.92 Å². The number of carbonyl (C=O) groups is 1. The fourth-order valence-electron chi connectivity index (χ4n) is 2.73. The summed E-state index contributed by atoms with van der Waals surface area (Å²) in [5.41, 5.74) is -0.923. The number of halogens is 2. The molecule has 0 heterocycles. The quantitative estimate of drug-likeness (QED) is 0.701. The van der Waals surface area contributed by atoms with E-state index in [0.29, 0.717) is 37.0 Å². The third kappa shape index (κ3) is 4.85. The van der Waals surface area contributed by atoms with Crippen LogP contribution in [0.4, 0.5) is 14.5 Å². The molecule has 9 heteroatoms. The molecule has 0 bridgehead atoms. The van der Waals surface area contributed by atoms with E-state index in [0.717, 1.165) is 12.1 Å². The Bertz CT molecular complexity index is 974. The largest absolute Gasteiger partial charge is 0.494 e. The van der Waals surface area contributed by atoms with Crippen molar-refractivity contribution in [2.24, 2.45) is 0 Å². The van der Waals surface area contributed by atoms with Gasteiger partial charge in [-0.1, -0.05) is 6.07 Å². The Labute approximate surface area is 162 Å². The second-order valence-electron chi connectivity index (χ2n) is 6.59. The molecule has 2 aromatic carbocycles. The molecule has 150 valence electrons. The number of rotatable bonds is 8. The lowest BCUT2D eigenvalue weighted by molar-refractivity contribution is -0.118. The van der Waals surface area contributed by atoms with Crippen molar-refractivity contribution in [3.63, 3.8) is 0 Å². The van der Waals surface area contributed by atoms with Gasteiger partial charge in [-0.05, 0) is 50.1 Å². The highest BCUT2D eigenvalue weighted by Gasteiger charge is 2.52. The zero-order valence-electron chi connectivity index (χ0n) is 15.2. The van der Waals surface area contributed by atoms with Crippen LogP contribution >= 0.6 is 0 Å². The Balaban J connectivity index is 1.66. The summed E-state index contributed by atoms with van der Waals surface area (Å²) in [6.07, 6.45) is 0.669. The second-order valence-corrected chi connectivity index (χ2v) is 8.31. The van der Waals surface area contributed by atoms with Crippen molar-refractivity contribution >= 4 is 21.6 Å². The van der Waals surface area contributed by atoms with Gasteiger partial charge in [0.1, 0.15) is 22.9 Å². The Hall–Kier alpha value is -2.52. The van der Waals surface area contributed by atoms with E-state index in [1.165, 1.54) is 0 Å².